The lowest BCUT2D eigenvalue weighted by Crippen LogP contribution is -2.26. The maximum absolute atomic E-state index is 4.64. The van der Waals surface area contributed by atoms with Crippen LogP contribution in [0.15, 0.2) is 249 Å². The molecule has 0 saturated carbocycles. The third-order valence-corrected chi connectivity index (χ3v) is 17.3. The molecule has 0 radical (unpaired) electrons. The minimum atomic E-state index is -0.590. The highest BCUT2D eigenvalue weighted by Gasteiger charge is 2.53. The van der Waals surface area contributed by atoms with Crippen LogP contribution in [0, 0.1) is 0 Å². The molecule has 1 heterocycles. The van der Waals surface area contributed by atoms with E-state index >= 15 is 0 Å². The summed E-state index contributed by atoms with van der Waals surface area (Å²) in [5.74, 6) is 0. The van der Waals surface area contributed by atoms with Crippen molar-refractivity contribution < 1.29 is 0 Å². The Labute approximate surface area is 434 Å². The van der Waals surface area contributed by atoms with Gasteiger partial charge in [0.1, 0.15) is 0 Å². The zero-order valence-electron chi connectivity index (χ0n) is 40.8. The second kappa shape index (κ2) is 16.5. The number of fused-ring (bicyclic) bond motifs is 17. The van der Waals surface area contributed by atoms with Crippen molar-refractivity contribution in [2.75, 3.05) is 4.90 Å². The van der Waals surface area contributed by atoms with Crippen LogP contribution >= 0.6 is 11.3 Å². The van der Waals surface area contributed by atoms with Crippen LogP contribution in [-0.4, -0.2) is 0 Å². The Hall–Kier alpha value is -9.08. The summed E-state index contributed by atoms with van der Waals surface area (Å²) in [4.78, 5) is 2.50. The van der Waals surface area contributed by atoms with Gasteiger partial charge in [0.25, 0.3) is 0 Å². The molecular weight excluding hydrogens is 911 g/mol. The van der Waals surface area contributed by atoms with E-state index in [2.05, 4.69) is 273 Å². The molecule has 2 heteroatoms. The van der Waals surface area contributed by atoms with E-state index in [1.165, 1.54) is 125 Å². The highest BCUT2D eigenvalue weighted by Crippen LogP contribution is 2.66. The van der Waals surface area contributed by atoms with E-state index in [-0.39, 0.29) is 0 Å². The van der Waals surface area contributed by atoms with Gasteiger partial charge in [0.2, 0.25) is 0 Å². The molecule has 0 amide bonds. The van der Waals surface area contributed by atoms with Crippen molar-refractivity contribution in [3.8, 4) is 44.5 Å². The smallest absolute Gasteiger partial charge is 0.0726 e. The Morgan fingerprint density at radius 1 is 0.419 bits per heavy atom. The number of allylic oxidation sites excluding steroid dienone is 1. The van der Waals surface area contributed by atoms with E-state index < -0.39 is 5.41 Å². The summed E-state index contributed by atoms with van der Waals surface area (Å²) in [6.45, 7) is 6.77. The van der Waals surface area contributed by atoms with Crippen LogP contribution in [0.2, 0.25) is 0 Å². The molecule has 2 aliphatic carbocycles. The topological polar surface area (TPSA) is 3.24 Å². The van der Waals surface area contributed by atoms with E-state index in [4.69, 9.17) is 0 Å². The van der Waals surface area contributed by atoms with Gasteiger partial charge in [0, 0.05) is 26.5 Å². The van der Waals surface area contributed by atoms with Crippen molar-refractivity contribution in [2.45, 2.75) is 12.3 Å². The number of thiophene rings is 1. The van der Waals surface area contributed by atoms with Gasteiger partial charge in [-0.2, -0.15) is 0 Å². The highest BCUT2D eigenvalue weighted by atomic mass is 32.1. The van der Waals surface area contributed by atoms with Crippen LogP contribution < -0.4 is 4.90 Å². The number of para-hydroxylation sites is 1. The van der Waals surface area contributed by atoms with Gasteiger partial charge in [-0.1, -0.05) is 213 Å². The minimum Gasteiger partial charge on any atom is -0.308 e. The second-order valence-electron chi connectivity index (χ2n) is 19.8. The molecule has 1 unspecified atom stereocenters. The van der Waals surface area contributed by atoms with Crippen LogP contribution in [0.3, 0.4) is 0 Å². The van der Waals surface area contributed by atoms with Gasteiger partial charge in [-0.3, -0.25) is 0 Å². The average molecular weight is 958 g/mol. The predicted molar refractivity (Wildman–Crippen MR) is 319 cm³/mol. The van der Waals surface area contributed by atoms with Crippen molar-refractivity contribution in [1.29, 1.82) is 0 Å². The van der Waals surface area contributed by atoms with Gasteiger partial charge in [0.15, 0.2) is 0 Å². The molecule has 12 aromatic carbocycles. The fourth-order valence-electron chi connectivity index (χ4n) is 13.2. The number of nitrogens with zero attached hydrogens (tertiary/aromatic N) is 1. The molecule has 1 atom stereocenters. The van der Waals surface area contributed by atoms with E-state index in [1.807, 2.05) is 11.3 Å². The van der Waals surface area contributed by atoms with Crippen LogP contribution in [0.1, 0.15) is 40.3 Å². The number of hydrogen-bond donors (Lipinski definition) is 0. The molecule has 0 fully saturated rings. The average Bonchev–Trinajstić information content (AvgIpc) is 4.27. The van der Waals surface area contributed by atoms with Gasteiger partial charge < -0.3 is 4.90 Å². The van der Waals surface area contributed by atoms with Crippen LogP contribution in [0.5, 0.6) is 0 Å². The maximum atomic E-state index is 4.64. The number of hydrogen-bond acceptors (Lipinski definition) is 2. The Morgan fingerprint density at radius 2 is 1.07 bits per heavy atom. The zero-order valence-corrected chi connectivity index (χ0v) is 41.6. The lowest BCUT2D eigenvalue weighted by atomic mass is 9.69. The summed E-state index contributed by atoms with van der Waals surface area (Å²) in [6.07, 6.45) is 6.62. The molecule has 0 saturated heterocycles. The van der Waals surface area contributed by atoms with E-state index in [0.717, 1.165) is 22.6 Å². The van der Waals surface area contributed by atoms with Crippen LogP contribution in [-0.2, 0) is 5.41 Å². The summed E-state index contributed by atoms with van der Waals surface area (Å²) in [7, 11) is 0. The van der Waals surface area contributed by atoms with Crippen molar-refractivity contribution >= 4 is 93.0 Å². The van der Waals surface area contributed by atoms with Gasteiger partial charge in [-0.25, -0.2) is 0 Å². The fraction of sp³-hybridized carbons (Fsp3) is 0.0278. The molecule has 2 aliphatic rings. The number of rotatable bonds is 7. The SMILES string of the molecule is C=Cc1c(/C=C\C)c(-c2ccc(N(c3ccccc3)c3ccc(-c4ccccc4)c4c3sc3ccccc34)c3ccccc23)cc2c1-c1ccccc1C21c2cc3ccccc3cc2-c2c1ccc1ccccc21. The van der Waals surface area contributed by atoms with Crippen molar-refractivity contribution in [2.24, 2.45) is 0 Å². The van der Waals surface area contributed by atoms with Crippen LogP contribution in [0.4, 0.5) is 17.1 Å². The number of anilines is 3. The first-order valence-corrected chi connectivity index (χ1v) is 26.5. The molecule has 1 aromatic heterocycles. The van der Waals surface area contributed by atoms with Gasteiger partial charge >= 0.3 is 0 Å². The Bertz CT molecular complexity index is 4520. The lowest BCUT2D eigenvalue weighted by molar-refractivity contribution is 0.796. The fourth-order valence-corrected chi connectivity index (χ4v) is 14.4. The molecule has 346 valence electrons. The third-order valence-electron chi connectivity index (χ3n) is 16.1. The minimum absolute atomic E-state index is 0.590. The summed E-state index contributed by atoms with van der Waals surface area (Å²) in [6, 6.07) is 88.4. The second-order valence-corrected chi connectivity index (χ2v) is 20.8. The standard InChI is InChI=1S/C72H47NS/c1-3-21-53-50(4-2)68-57-32-17-19-34-61(57)72(62-39-36-46-24-13-14-29-51(46)69(62)60-42-47-25-11-12-26-48(47)43-63(60)72)64(68)44-59(53)55-38-40-65(56-31-16-15-30-54(55)56)73(49-27-9-6-10-28-49)66-41-37-52(45-22-7-5-8-23-45)70-58-33-18-20-35-67(58)74-71(66)70/h3-44H,2H2,1H3/b21-3-. The Morgan fingerprint density at radius 3 is 1.86 bits per heavy atom. The summed E-state index contributed by atoms with van der Waals surface area (Å²) in [5, 5.41) is 9.96. The van der Waals surface area contributed by atoms with Crippen molar-refractivity contribution in [3.05, 3.63) is 283 Å². The van der Waals surface area contributed by atoms with Gasteiger partial charge in [-0.05, 0) is 160 Å². The molecule has 13 aromatic rings. The highest BCUT2D eigenvalue weighted by molar-refractivity contribution is 7.26. The molecule has 0 aliphatic heterocycles. The first kappa shape index (κ1) is 42.6. The first-order chi connectivity index (χ1) is 36.6. The third kappa shape index (κ3) is 5.92. The molecule has 0 bridgehead atoms. The van der Waals surface area contributed by atoms with E-state index in [9.17, 15) is 0 Å². The molecule has 0 N–H and O–H groups in total. The van der Waals surface area contributed by atoms with Gasteiger partial charge in [-0.15, -0.1) is 11.3 Å². The van der Waals surface area contributed by atoms with Gasteiger partial charge in [0.05, 0.1) is 21.5 Å². The van der Waals surface area contributed by atoms with E-state index in [0.29, 0.717) is 0 Å². The summed E-state index contributed by atoms with van der Waals surface area (Å²) < 4.78 is 2.54. The van der Waals surface area contributed by atoms with Crippen LogP contribution in [0.25, 0.3) is 109 Å². The van der Waals surface area contributed by atoms with E-state index in [1.54, 1.807) is 0 Å². The Balaban J connectivity index is 1.02. The largest absolute Gasteiger partial charge is 0.308 e. The predicted octanol–water partition coefficient (Wildman–Crippen LogP) is 20.3. The first-order valence-electron chi connectivity index (χ1n) is 25.6. The molecule has 1 nitrogen and oxygen atoms in total. The molecular formula is C72H47NS. The van der Waals surface area contributed by atoms with Crippen molar-refractivity contribution in [1.82, 2.24) is 0 Å². The normalized spacial score (nSPS) is 14.3. The summed E-state index contributed by atoms with van der Waals surface area (Å²) in [5.41, 5.74) is 20.4. The molecule has 1 spiro atoms. The number of benzene rings is 12. The quantitative estimate of drug-likeness (QED) is 0.154. The summed E-state index contributed by atoms with van der Waals surface area (Å²) >= 11 is 1.88. The Kier molecular flexibility index (Phi) is 9.48. The molecule has 74 heavy (non-hydrogen) atoms. The lowest BCUT2D eigenvalue weighted by Gasteiger charge is -2.32. The monoisotopic (exact) mass is 957 g/mol. The zero-order chi connectivity index (χ0) is 49.1. The van der Waals surface area contributed by atoms with Crippen molar-refractivity contribution in [3.63, 3.8) is 0 Å². The molecule has 15 rings (SSSR count). The maximum Gasteiger partial charge on any atom is 0.0726 e.